The number of anilines is 1. The van der Waals surface area contributed by atoms with Gasteiger partial charge in [-0.25, -0.2) is 9.37 Å². The maximum Gasteiger partial charge on any atom is 0.253 e. The van der Waals surface area contributed by atoms with Crippen LogP contribution in [0.2, 0.25) is 10.0 Å². The van der Waals surface area contributed by atoms with Gasteiger partial charge in [0.1, 0.15) is 11.6 Å². The number of aromatic amines is 1. The third-order valence-electron chi connectivity index (χ3n) is 4.37. The molecule has 0 aliphatic carbocycles. The first-order chi connectivity index (χ1) is 15.2. The van der Waals surface area contributed by atoms with Crippen molar-refractivity contribution in [1.29, 1.82) is 0 Å². The minimum absolute atomic E-state index is 0.00222. The molecule has 32 heavy (non-hydrogen) atoms. The molecule has 11 heteroatoms. The van der Waals surface area contributed by atoms with Crippen molar-refractivity contribution in [1.82, 2.24) is 20.5 Å². The molecule has 3 aromatic rings. The molecule has 2 amide bonds. The van der Waals surface area contributed by atoms with Gasteiger partial charge in [0.15, 0.2) is 0 Å². The number of H-pyrrole nitrogens is 1. The van der Waals surface area contributed by atoms with Gasteiger partial charge in [-0.15, -0.1) is 5.10 Å². The molecule has 2 aromatic carbocycles. The summed E-state index contributed by atoms with van der Waals surface area (Å²) in [5, 5.41) is 13.6. The smallest absolute Gasteiger partial charge is 0.253 e. The number of halogens is 3. The van der Waals surface area contributed by atoms with Crippen molar-refractivity contribution >= 4 is 52.5 Å². The summed E-state index contributed by atoms with van der Waals surface area (Å²) in [7, 11) is 0. The third-order valence-corrected chi connectivity index (χ3v) is 5.76. The van der Waals surface area contributed by atoms with Crippen LogP contribution in [0.3, 0.4) is 0 Å². The predicted octanol–water partition coefficient (Wildman–Crippen LogP) is 5.11. The maximum atomic E-state index is 13.0. The van der Waals surface area contributed by atoms with Crippen LogP contribution in [-0.2, 0) is 4.79 Å². The van der Waals surface area contributed by atoms with E-state index in [-0.39, 0.29) is 34.3 Å². The van der Waals surface area contributed by atoms with Gasteiger partial charge < -0.3 is 10.6 Å². The summed E-state index contributed by atoms with van der Waals surface area (Å²) in [4.78, 5) is 29.2. The summed E-state index contributed by atoms with van der Waals surface area (Å²) in [6.07, 6.45) is 0. The molecule has 0 bridgehead atoms. The zero-order chi connectivity index (χ0) is 23.3. The quantitative estimate of drug-likeness (QED) is 0.377. The van der Waals surface area contributed by atoms with Gasteiger partial charge in [0.2, 0.25) is 11.1 Å². The van der Waals surface area contributed by atoms with Crippen molar-refractivity contribution in [3.05, 3.63) is 69.7 Å². The van der Waals surface area contributed by atoms with E-state index in [0.717, 1.165) is 11.8 Å². The van der Waals surface area contributed by atoms with Gasteiger partial charge in [-0.1, -0.05) is 48.8 Å². The van der Waals surface area contributed by atoms with Crippen LogP contribution in [-0.4, -0.2) is 32.7 Å². The SMILES string of the molecule is CC(C)[C@H](NC(=O)c1ccc(Cl)cc1Cl)c1nc(SCC(=O)Nc2ccc(F)cc2)n[nH]1. The van der Waals surface area contributed by atoms with Crippen LogP contribution < -0.4 is 10.6 Å². The maximum absolute atomic E-state index is 13.0. The lowest BCUT2D eigenvalue weighted by molar-refractivity contribution is -0.113. The number of thioether (sulfide) groups is 1. The first-order valence-corrected chi connectivity index (χ1v) is 11.3. The molecule has 0 radical (unpaired) electrons. The highest BCUT2D eigenvalue weighted by Gasteiger charge is 2.24. The van der Waals surface area contributed by atoms with Crippen LogP contribution in [0.4, 0.5) is 10.1 Å². The highest BCUT2D eigenvalue weighted by Crippen LogP contribution is 2.25. The van der Waals surface area contributed by atoms with Crippen LogP contribution >= 0.6 is 35.0 Å². The van der Waals surface area contributed by atoms with E-state index in [1.54, 1.807) is 12.1 Å². The molecule has 1 atom stereocenters. The Morgan fingerprint density at radius 1 is 1.16 bits per heavy atom. The summed E-state index contributed by atoms with van der Waals surface area (Å²) in [5.41, 5.74) is 0.796. The summed E-state index contributed by atoms with van der Waals surface area (Å²) in [6, 6.07) is 9.68. The van der Waals surface area contributed by atoms with Gasteiger partial charge in [0.25, 0.3) is 5.91 Å². The molecule has 0 aliphatic rings. The zero-order valence-electron chi connectivity index (χ0n) is 17.2. The van der Waals surface area contributed by atoms with Gasteiger partial charge in [0, 0.05) is 10.7 Å². The Kier molecular flexibility index (Phi) is 8.11. The highest BCUT2D eigenvalue weighted by atomic mass is 35.5. The summed E-state index contributed by atoms with van der Waals surface area (Å²) in [5.74, 6) is -0.504. The summed E-state index contributed by atoms with van der Waals surface area (Å²) >= 11 is 13.2. The van der Waals surface area contributed by atoms with Crippen LogP contribution in [0.25, 0.3) is 0 Å². The van der Waals surface area contributed by atoms with Crippen molar-refractivity contribution in [3.63, 3.8) is 0 Å². The molecular weight excluding hydrogens is 476 g/mol. The lowest BCUT2D eigenvalue weighted by Gasteiger charge is -2.20. The number of aromatic nitrogens is 3. The van der Waals surface area contributed by atoms with Crippen molar-refractivity contribution in [3.8, 4) is 0 Å². The van der Waals surface area contributed by atoms with E-state index < -0.39 is 6.04 Å². The topological polar surface area (TPSA) is 99.8 Å². The molecule has 3 rings (SSSR count). The second-order valence-electron chi connectivity index (χ2n) is 7.17. The first kappa shape index (κ1) is 24.0. The lowest BCUT2D eigenvalue weighted by atomic mass is 10.0. The Hall–Kier alpha value is -2.62. The number of rotatable bonds is 8. The normalized spacial score (nSPS) is 11.9. The standard InChI is InChI=1S/C21H20Cl2FN5O2S/c1-11(2)18(26-20(31)15-8-3-12(22)9-16(15)23)19-27-21(29-28-19)32-10-17(30)25-14-6-4-13(24)5-7-14/h3-9,11,18H,10H2,1-2H3,(H,25,30)(H,26,31)(H,27,28,29)/t18-/m0/s1. The van der Waals surface area contributed by atoms with E-state index in [2.05, 4.69) is 25.8 Å². The Morgan fingerprint density at radius 3 is 2.53 bits per heavy atom. The minimum Gasteiger partial charge on any atom is -0.342 e. The van der Waals surface area contributed by atoms with Crippen LogP contribution in [0.5, 0.6) is 0 Å². The van der Waals surface area contributed by atoms with Crippen molar-refractivity contribution in [2.45, 2.75) is 25.0 Å². The molecule has 168 valence electrons. The molecule has 7 nitrogen and oxygen atoms in total. The first-order valence-electron chi connectivity index (χ1n) is 9.59. The predicted molar refractivity (Wildman–Crippen MR) is 124 cm³/mol. The molecule has 0 saturated carbocycles. The molecule has 0 saturated heterocycles. The number of benzene rings is 2. The molecule has 0 unspecified atom stereocenters. The van der Waals surface area contributed by atoms with Gasteiger partial charge >= 0.3 is 0 Å². The average Bonchev–Trinajstić information content (AvgIpc) is 3.20. The Morgan fingerprint density at radius 2 is 1.88 bits per heavy atom. The molecule has 0 aliphatic heterocycles. The monoisotopic (exact) mass is 495 g/mol. The van der Waals surface area contributed by atoms with E-state index in [9.17, 15) is 14.0 Å². The van der Waals surface area contributed by atoms with Gasteiger partial charge in [0.05, 0.1) is 22.4 Å². The number of nitrogens with zero attached hydrogens (tertiary/aromatic N) is 2. The van der Waals surface area contributed by atoms with E-state index in [1.165, 1.54) is 30.3 Å². The van der Waals surface area contributed by atoms with Crippen molar-refractivity contribution in [2.75, 3.05) is 11.1 Å². The molecule has 0 fully saturated rings. The van der Waals surface area contributed by atoms with Crippen LogP contribution in [0, 0.1) is 11.7 Å². The molecule has 3 N–H and O–H groups in total. The van der Waals surface area contributed by atoms with Crippen molar-refractivity contribution < 1.29 is 14.0 Å². The number of hydrogen-bond acceptors (Lipinski definition) is 5. The highest BCUT2D eigenvalue weighted by molar-refractivity contribution is 7.99. The zero-order valence-corrected chi connectivity index (χ0v) is 19.5. The van der Waals surface area contributed by atoms with E-state index >= 15 is 0 Å². The van der Waals surface area contributed by atoms with Crippen LogP contribution in [0.1, 0.15) is 36.1 Å². The summed E-state index contributed by atoms with van der Waals surface area (Å²) in [6.45, 7) is 3.86. The Balaban J connectivity index is 1.61. The Bertz CT molecular complexity index is 1110. The molecule has 1 aromatic heterocycles. The van der Waals surface area contributed by atoms with E-state index in [4.69, 9.17) is 23.2 Å². The lowest BCUT2D eigenvalue weighted by Crippen LogP contribution is -2.32. The number of carbonyl (C=O) groups excluding carboxylic acids is 2. The second kappa shape index (κ2) is 10.8. The third kappa shape index (κ3) is 6.44. The van der Waals surface area contributed by atoms with Gasteiger partial charge in [-0.05, 0) is 48.4 Å². The van der Waals surface area contributed by atoms with E-state index in [0.29, 0.717) is 27.3 Å². The Labute approximate surface area is 198 Å². The fourth-order valence-electron chi connectivity index (χ4n) is 2.77. The largest absolute Gasteiger partial charge is 0.342 e. The van der Waals surface area contributed by atoms with Gasteiger partial charge in [-0.2, -0.15) is 0 Å². The fourth-order valence-corrected chi connectivity index (χ4v) is 3.87. The molecule has 0 spiro atoms. The number of hydrogen-bond donors (Lipinski definition) is 3. The van der Waals surface area contributed by atoms with Gasteiger partial charge in [-0.3, -0.25) is 14.7 Å². The minimum atomic E-state index is -0.455. The molecule has 1 heterocycles. The second-order valence-corrected chi connectivity index (χ2v) is 8.95. The van der Waals surface area contributed by atoms with E-state index in [1.807, 2.05) is 13.8 Å². The number of carbonyl (C=O) groups is 2. The van der Waals surface area contributed by atoms with Crippen LogP contribution in [0.15, 0.2) is 47.6 Å². The summed E-state index contributed by atoms with van der Waals surface area (Å²) < 4.78 is 13.0. The molecular formula is C21H20Cl2FN5O2S. The number of nitrogens with one attached hydrogen (secondary N) is 3. The number of amides is 2. The van der Waals surface area contributed by atoms with Crippen molar-refractivity contribution in [2.24, 2.45) is 5.92 Å². The fraction of sp³-hybridized carbons (Fsp3) is 0.238. The average molecular weight is 496 g/mol.